The van der Waals surface area contributed by atoms with Crippen molar-refractivity contribution >= 4 is 38.9 Å². The second-order valence-corrected chi connectivity index (χ2v) is 10.1. The minimum absolute atomic E-state index is 0.0847. The molecule has 0 aliphatic carbocycles. The average Bonchev–Trinajstić information content (AvgIpc) is 2.83. The highest BCUT2D eigenvalue weighted by atomic mass is 35.5. The Kier molecular flexibility index (Phi) is 8.06. The number of nitrogens with one attached hydrogen (secondary N) is 1. The highest BCUT2D eigenvalue weighted by molar-refractivity contribution is 7.92. The van der Waals surface area contributed by atoms with E-state index in [2.05, 4.69) is 19.2 Å². The Morgan fingerprint density at radius 1 is 0.971 bits per heavy atom. The molecule has 1 N–H and O–H groups in total. The van der Waals surface area contributed by atoms with Crippen LogP contribution in [0.1, 0.15) is 25.3 Å². The van der Waals surface area contributed by atoms with Crippen molar-refractivity contribution in [3.63, 3.8) is 0 Å². The minimum atomic E-state index is -4.01. The van der Waals surface area contributed by atoms with E-state index in [9.17, 15) is 13.2 Å². The van der Waals surface area contributed by atoms with Crippen molar-refractivity contribution < 1.29 is 22.7 Å². The summed E-state index contributed by atoms with van der Waals surface area (Å²) in [7, 11) is -1.12. The Bertz CT molecular complexity index is 1250. The SMILES string of the molecule is COc1cc(NC(=O)CN(c2ccc(C(C)C)cc2)S(=O)(=O)c2ccccc2)c(OC)cc1Cl. The molecule has 0 saturated heterocycles. The van der Waals surface area contributed by atoms with E-state index in [0.29, 0.717) is 27.9 Å². The van der Waals surface area contributed by atoms with Gasteiger partial charge in [-0.3, -0.25) is 9.10 Å². The first-order valence-corrected chi connectivity index (χ1v) is 12.4. The first kappa shape index (κ1) is 25.4. The van der Waals surface area contributed by atoms with Gasteiger partial charge in [-0.05, 0) is 35.7 Å². The monoisotopic (exact) mass is 502 g/mol. The van der Waals surface area contributed by atoms with Crippen LogP contribution in [-0.2, 0) is 14.8 Å². The molecule has 0 fully saturated rings. The van der Waals surface area contributed by atoms with Gasteiger partial charge in [0.15, 0.2) is 0 Å². The van der Waals surface area contributed by atoms with Crippen LogP contribution in [0.5, 0.6) is 11.5 Å². The number of rotatable bonds is 9. The summed E-state index contributed by atoms with van der Waals surface area (Å²) in [5, 5.41) is 3.02. The summed E-state index contributed by atoms with van der Waals surface area (Å²) in [6, 6.07) is 18.2. The first-order valence-electron chi connectivity index (χ1n) is 10.6. The van der Waals surface area contributed by atoms with Gasteiger partial charge in [-0.1, -0.05) is 55.8 Å². The molecule has 0 heterocycles. The fraction of sp³-hybridized carbons (Fsp3) is 0.240. The molecule has 9 heteroatoms. The van der Waals surface area contributed by atoms with Gasteiger partial charge in [-0.25, -0.2) is 8.42 Å². The van der Waals surface area contributed by atoms with Gasteiger partial charge in [0.1, 0.15) is 18.0 Å². The number of hydrogen-bond acceptors (Lipinski definition) is 5. The van der Waals surface area contributed by atoms with Crippen molar-refractivity contribution in [1.29, 1.82) is 0 Å². The molecule has 0 aromatic heterocycles. The summed E-state index contributed by atoms with van der Waals surface area (Å²) in [6.07, 6.45) is 0. The number of ether oxygens (including phenoxy) is 2. The van der Waals surface area contributed by atoms with Crippen molar-refractivity contribution in [2.45, 2.75) is 24.7 Å². The summed E-state index contributed by atoms with van der Waals surface area (Å²) in [4.78, 5) is 13.1. The highest BCUT2D eigenvalue weighted by Gasteiger charge is 2.27. The van der Waals surface area contributed by atoms with E-state index in [1.807, 2.05) is 12.1 Å². The van der Waals surface area contributed by atoms with Crippen LogP contribution in [-0.4, -0.2) is 35.1 Å². The van der Waals surface area contributed by atoms with Gasteiger partial charge in [0.2, 0.25) is 5.91 Å². The molecule has 0 aliphatic rings. The molecule has 0 saturated carbocycles. The van der Waals surface area contributed by atoms with Crippen LogP contribution in [0.25, 0.3) is 0 Å². The molecule has 34 heavy (non-hydrogen) atoms. The normalized spacial score (nSPS) is 11.2. The lowest BCUT2D eigenvalue weighted by atomic mass is 10.0. The van der Waals surface area contributed by atoms with Crippen LogP contribution in [0, 0.1) is 0 Å². The number of carbonyl (C=O) groups excluding carboxylic acids is 1. The van der Waals surface area contributed by atoms with Crippen molar-refractivity contribution in [2.24, 2.45) is 0 Å². The zero-order valence-corrected chi connectivity index (χ0v) is 21.0. The number of anilines is 2. The van der Waals surface area contributed by atoms with Gasteiger partial charge in [-0.2, -0.15) is 0 Å². The number of halogens is 1. The largest absolute Gasteiger partial charge is 0.495 e. The van der Waals surface area contributed by atoms with Crippen LogP contribution >= 0.6 is 11.6 Å². The van der Waals surface area contributed by atoms with Crippen molar-refractivity contribution in [2.75, 3.05) is 30.4 Å². The third kappa shape index (κ3) is 5.63. The maximum atomic E-state index is 13.5. The smallest absolute Gasteiger partial charge is 0.264 e. The van der Waals surface area contributed by atoms with Crippen LogP contribution in [0.2, 0.25) is 5.02 Å². The molecule has 0 atom stereocenters. The van der Waals surface area contributed by atoms with Gasteiger partial charge < -0.3 is 14.8 Å². The van der Waals surface area contributed by atoms with E-state index in [4.69, 9.17) is 21.1 Å². The number of amides is 1. The Hall–Kier alpha value is -3.23. The Labute approximate surface area is 205 Å². The van der Waals surface area contributed by atoms with Gasteiger partial charge in [-0.15, -0.1) is 0 Å². The summed E-state index contributed by atoms with van der Waals surface area (Å²) in [5.41, 5.74) is 1.74. The Morgan fingerprint density at radius 2 is 1.59 bits per heavy atom. The second kappa shape index (κ2) is 10.8. The van der Waals surface area contributed by atoms with Crippen LogP contribution < -0.4 is 19.1 Å². The van der Waals surface area contributed by atoms with Gasteiger partial charge in [0.25, 0.3) is 10.0 Å². The number of hydrogen-bond donors (Lipinski definition) is 1. The summed E-state index contributed by atoms with van der Waals surface area (Å²) < 4.78 is 38.6. The molecular formula is C25H27ClN2O5S. The number of methoxy groups -OCH3 is 2. The summed E-state index contributed by atoms with van der Waals surface area (Å²) in [5.74, 6) is 0.382. The molecule has 1 amide bonds. The summed E-state index contributed by atoms with van der Waals surface area (Å²) in [6.45, 7) is 3.65. The number of sulfonamides is 1. The average molecular weight is 503 g/mol. The molecule has 0 spiro atoms. The molecule has 0 bridgehead atoms. The van der Waals surface area contributed by atoms with Gasteiger partial charge >= 0.3 is 0 Å². The third-order valence-electron chi connectivity index (χ3n) is 5.21. The quantitative estimate of drug-likeness (QED) is 0.428. The number of benzene rings is 3. The molecule has 0 aliphatic heterocycles. The van der Waals surface area contributed by atoms with E-state index in [1.165, 1.54) is 38.5 Å². The maximum absolute atomic E-state index is 13.5. The van der Waals surface area contributed by atoms with Gasteiger partial charge in [0, 0.05) is 12.1 Å². The van der Waals surface area contributed by atoms with E-state index < -0.39 is 22.5 Å². The predicted molar refractivity (Wildman–Crippen MR) is 135 cm³/mol. The molecule has 180 valence electrons. The van der Waals surface area contributed by atoms with E-state index in [1.54, 1.807) is 30.3 Å². The maximum Gasteiger partial charge on any atom is 0.264 e. The molecule has 3 aromatic rings. The number of nitrogens with zero attached hydrogens (tertiary/aromatic N) is 1. The zero-order chi connectivity index (χ0) is 24.9. The standard InChI is InChI=1S/C25H27ClN2O5S/c1-17(2)18-10-12-19(13-11-18)28(34(30,31)20-8-6-5-7-9-20)16-25(29)27-22-15-23(32-3)21(26)14-24(22)33-4/h5-15,17H,16H2,1-4H3,(H,27,29). The lowest BCUT2D eigenvalue weighted by Crippen LogP contribution is -2.38. The fourth-order valence-electron chi connectivity index (χ4n) is 3.34. The highest BCUT2D eigenvalue weighted by Crippen LogP contribution is 2.36. The van der Waals surface area contributed by atoms with Crippen LogP contribution in [0.4, 0.5) is 11.4 Å². The second-order valence-electron chi connectivity index (χ2n) is 7.81. The molecule has 7 nitrogen and oxygen atoms in total. The molecule has 0 unspecified atom stereocenters. The Morgan fingerprint density at radius 3 is 2.15 bits per heavy atom. The minimum Gasteiger partial charge on any atom is -0.495 e. The van der Waals surface area contributed by atoms with Crippen molar-refractivity contribution in [3.05, 3.63) is 77.3 Å². The van der Waals surface area contributed by atoms with E-state index in [0.717, 1.165) is 9.87 Å². The fourth-order valence-corrected chi connectivity index (χ4v) is 5.01. The lowest BCUT2D eigenvalue weighted by molar-refractivity contribution is -0.114. The Balaban J connectivity index is 1.97. The zero-order valence-electron chi connectivity index (χ0n) is 19.4. The van der Waals surface area contributed by atoms with Crippen LogP contribution in [0.15, 0.2) is 71.6 Å². The van der Waals surface area contributed by atoms with E-state index >= 15 is 0 Å². The topological polar surface area (TPSA) is 84.9 Å². The van der Waals surface area contributed by atoms with E-state index in [-0.39, 0.29) is 10.8 Å². The number of carbonyl (C=O) groups is 1. The summed E-state index contributed by atoms with van der Waals surface area (Å²) >= 11 is 6.14. The first-order chi connectivity index (χ1) is 16.2. The van der Waals surface area contributed by atoms with Crippen molar-refractivity contribution in [1.82, 2.24) is 0 Å². The van der Waals surface area contributed by atoms with Gasteiger partial charge in [0.05, 0.1) is 35.5 Å². The molecular weight excluding hydrogens is 476 g/mol. The molecule has 3 rings (SSSR count). The van der Waals surface area contributed by atoms with Crippen molar-refractivity contribution in [3.8, 4) is 11.5 Å². The lowest BCUT2D eigenvalue weighted by Gasteiger charge is -2.25. The van der Waals surface area contributed by atoms with Crippen LogP contribution in [0.3, 0.4) is 0 Å². The molecule has 3 aromatic carbocycles. The molecule has 0 radical (unpaired) electrons. The predicted octanol–water partition coefficient (Wildman–Crippen LogP) is 5.31. The third-order valence-corrected chi connectivity index (χ3v) is 7.30.